The Kier molecular flexibility index (Phi) is 3.57. The lowest BCUT2D eigenvalue weighted by atomic mass is 10.2. The molecule has 1 aliphatic heterocycles. The van der Waals surface area contributed by atoms with E-state index in [4.69, 9.17) is 12.2 Å². The summed E-state index contributed by atoms with van der Waals surface area (Å²) in [5.41, 5.74) is 3.12. The summed E-state index contributed by atoms with van der Waals surface area (Å²) in [6.07, 6.45) is 1.73. The maximum Gasteiger partial charge on any atom is 0.281 e. The van der Waals surface area contributed by atoms with Crippen molar-refractivity contribution in [1.29, 1.82) is 0 Å². The summed E-state index contributed by atoms with van der Waals surface area (Å²) in [6, 6.07) is 7.68. The third-order valence-electron chi connectivity index (χ3n) is 3.10. The fraction of sp³-hybridized carbons (Fsp3) is 0.133. The van der Waals surface area contributed by atoms with Crippen molar-refractivity contribution in [2.24, 2.45) is 0 Å². The van der Waals surface area contributed by atoms with Gasteiger partial charge in [-0.3, -0.25) is 9.69 Å². The molecular weight excluding hydrogens is 302 g/mol. The topological polar surface area (TPSA) is 45.2 Å². The number of aromatic nitrogens is 1. The first-order chi connectivity index (χ1) is 10.0. The number of aryl methyl sites for hydroxylation is 2. The van der Waals surface area contributed by atoms with Gasteiger partial charge >= 0.3 is 0 Å². The van der Waals surface area contributed by atoms with E-state index in [0.717, 1.165) is 22.0 Å². The number of hydrogen-bond acceptors (Lipinski definition) is 4. The number of carbonyl (C=O) groups is 1. The van der Waals surface area contributed by atoms with Crippen molar-refractivity contribution < 1.29 is 4.79 Å². The van der Waals surface area contributed by atoms with Gasteiger partial charge in [-0.1, -0.05) is 17.7 Å². The Morgan fingerprint density at radius 3 is 2.62 bits per heavy atom. The molecule has 1 amide bonds. The van der Waals surface area contributed by atoms with Crippen LogP contribution < -0.4 is 10.2 Å². The van der Waals surface area contributed by atoms with Crippen LogP contribution in [0.4, 0.5) is 5.69 Å². The van der Waals surface area contributed by atoms with Gasteiger partial charge in [-0.15, -0.1) is 11.3 Å². The van der Waals surface area contributed by atoms with E-state index in [9.17, 15) is 4.79 Å². The molecule has 0 unspecified atom stereocenters. The smallest absolute Gasteiger partial charge is 0.281 e. The number of nitrogens with one attached hydrogen (secondary N) is 1. The monoisotopic (exact) mass is 315 g/mol. The fourth-order valence-corrected chi connectivity index (χ4v) is 2.93. The zero-order chi connectivity index (χ0) is 15.0. The number of carbonyl (C=O) groups excluding carboxylic acids is 1. The first-order valence-electron chi connectivity index (χ1n) is 6.40. The fourth-order valence-electron chi connectivity index (χ4n) is 2.06. The molecule has 0 saturated carbocycles. The van der Waals surface area contributed by atoms with Gasteiger partial charge in [0.2, 0.25) is 0 Å². The molecule has 2 aromatic rings. The number of amides is 1. The van der Waals surface area contributed by atoms with Crippen molar-refractivity contribution in [2.45, 2.75) is 13.8 Å². The predicted octanol–water partition coefficient (Wildman–Crippen LogP) is 3.02. The molecule has 1 fully saturated rings. The molecular formula is C15H13N3OS2. The van der Waals surface area contributed by atoms with E-state index in [-0.39, 0.29) is 5.91 Å². The van der Waals surface area contributed by atoms with E-state index in [1.165, 1.54) is 4.90 Å². The Hall–Kier alpha value is -2.05. The first kappa shape index (κ1) is 13.9. The predicted molar refractivity (Wildman–Crippen MR) is 89.2 cm³/mol. The van der Waals surface area contributed by atoms with Crippen LogP contribution in [-0.4, -0.2) is 16.0 Å². The molecule has 1 N–H and O–H groups in total. The maximum absolute atomic E-state index is 12.5. The molecule has 1 aliphatic rings. The standard InChI is InChI=1S/C15H13N3OS2/c1-9-3-5-12(6-4-9)18-14(19)13(17-15(18)20)7-11-8-21-10(2)16-11/h3-8H,1-2H3,(H,17,20)/b13-7-. The van der Waals surface area contributed by atoms with Crippen LogP contribution in [0.3, 0.4) is 0 Å². The number of rotatable bonds is 2. The molecule has 1 aromatic heterocycles. The number of benzene rings is 1. The number of thiocarbonyl (C=S) groups is 1. The Bertz CT molecular complexity index is 747. The minimum absolute atomic E-state index is 0.158. The molecule has 6 heteroatoms. The highest BCUT2D eigenvalue weighted by atomic mass is 32.1. The zero-order valence-electron chi connectivity index (χ0n) is 11.6. The molecule has 2 heterocycles. The van der Waals surface area contributed by atoms with Gasteiger partial charge in [0.25, 0.3) is 5.91 Å². The van der Waals surface area contributed by atoms with Crippen molar-refractivity contribution in [3.05, 3.63) is 51.6 Å². The molecule has 0 bridgehead atoms. The van der Waals surface area contributed by atoms with Gasteiger partial charge in [0.05, 0.1) is 16.4 Å². The highest BCUT2D eigenvalue weighted by Crippen LogP contribution is 2.23. The van der Waals surface area contributed by atoms with Crippen LogP contribution in [0.2, 0.25) is 0 Å². The number of hydrogen-bond donors (Lipinski definition) is 1. The SMILES string of the molecule is Cc1ccc(N2C(=O)/C(=C/c3csc(C)n3)NC2=S)cc1. The molecule has 1 aromatic carbocycles. The van der Waals surface area contributed by atoms with E-state index in [1.54, 1.807) is 17.4 Å². The largest absolute Gasteiger partial charge is 0.327 e. The van der Waals surface area contributed by atoms with Crippen molar-refractivity contribution >= 4 is 46.3 Å². The summed E-state index contributed by atoms with van der Waals surface area (Å²) >= 11 is 6.81. The van der Waals surface area contributed by atoms with Gasteiger partial charge in [0.1, 0.15) is 5.70 Å². The zero-order valence-corrected chi connectivity index (χ0v) is 13.2. The summed E-state index contributed by atoms with van der Waals surface area (Å²) in [5, 5.41) is 6.22. The van der Waals surface area contributed by atoms with Crippen LogP contribution in [0.15, 0.2) is 35.3 Å². The lowest BCUT2D eigenvalue weighted by Crippen LogP contribution is -2.30. The molecule has 3 rings (SSSR count). The van der Waals surface area contributed by atoms with E-state index in [2.05, 4.69) is 10.3 Å². The Balaban J connectivity index is 1.92. The molecule has 21 heavy (non-hydrogen) atoms. The van der Waals surface area contributed by atoms with Crippen molar-refractivity contribution in [3.63, 3.8) is 0 Å². The Morgan fingerprint density at radius 2 is 2.00 bits per heavy atom. The van der Waals surface area contributed by atoms with Gasteiger partial charge in [-0.05, 0) is 44.3 Å². The van der Waals surface area contributed by atoms with Crippen molar-refractivity contribution in [2.75, 3.05) is 4.90 Å². The van der Waals surface area contributed by atoms with Crippen LogP contribution in [0.25, 0.3) is 6.08 Å². The van der Waals surface area contributed by atoms with Crippen LogP contribution in [0.1, 0.15) is 16.3 Å². The van der Waals surface area contributed by atoms with Gasteiger partial charge < -0.3 is 5.32 Å². The Morgan fingerprint density at radius 1 is 1.29 bits per heavy atom. The van der Waals surface area contributed by atoms with E-state index < -0.39 is 0 Å². The summed E-state index contributed by atoms with van der Waals surface area (Å²) in [5.74, 6) is -0.158. The number of anilines is 1. The van der Waals surface area contributed by atoms with Crippen LogP contribution >= 0.6 is 23.6 Å². The minimum Gasteiger partial charge on any atom is -0.327 e. The summed E-state index contributed by atoms with van der Waals surface area (Å²) in [6.45, 7) is 3.93. The average Bonchev–Trinajstić information content (AvgIpc) is 2.96. The third-order valence-corrected chi connectivity index (χ3v) is 4.18. The van der Waals surface area contributed by atoms with E-state index >= 15 is 0 Å². The van der Waals surface area contributed by atoms with Crippen LogP contribution in [0, 0.1) is 13.8 Å². The molecule has 106 valence electrons. The van der Waals surface area contributed by atoms with Crippen molar-refractivity contribution in [3.8, 4) is 0 Å². The highest BCUT2D eigenvalue weighted by Gasteiger charge is 2.31. The molecule has 1 saturated heterocycles. The van der Waals surface area contributed by atoms with Crippen LogP contribution in [0.5, 0.6) is 0 Å². The van der Waals surface area contributed by atoms with Gasteiger partial charge in [0.15, 0.2) is 5.11 Å². The normalized spacial score (nSPS) is 16.7. The lowest BCUT2D eigenvalue weighted by Gasteiger charge is -2.13. The van der Waals surface area contributed by atoms with E-state index in [0.29, 0.717) is 10.8 Å². The third kappa shape index (κ3) is 2.72. The van der Waals surface area contributed by atoms with E-state index in [1.807, 2.05) is 43.5 Å². The summed E-state index contributed by atoms with van der Waals surface area (Å²) < 4.78 is 0. The second kappa shape index (κ2) is 5.38. The number of thiazole rings is 1. The minimum atomic E-state index is -0.158. The van der Waals surface area contributed by atoms with Gasteiger partial charge in [0, 0.05) is 5.38 Å². The molecule has 0 spiro atoms. The lowest BCUT2D eigenvalue weighted by molar-refractivity contribution is -0.113. The summed E-state index contributed by atoms with van der Waals surface area (Å²) in [4.78, 5) is 18.3. The second-order valence-electron chi connectivity index (χ2n) is 4.76. The Labute approximate surface area is 132 Å². The van der Waals surface area contributed by atoms with Crippen LogP contribution in [-0.2, 0) is 4.79 Å². The average molecular weight is 315 g/mol. The van der Waals surface area contributed by atoms with Gasteiger partial charge in [-0.2, -0.15) is 0 Å². The second-order valence-corrected chi connectivity index (χ2v) is 6.20. The summed E-state index contributed by atoms with van der Waals surface area (Å²) in [7, 11) is 0. The maximum atomic E-state index is 12.5. The quantitative estimate of drug-likeness (QED) is 0.683. The molecule has 0 atom stereocenters. The first-order valence-corrected chi connectivity index (χ1v) is 7.69. The van der Waals surface area contributed by atoms with Crippen molar-refractivity contribution in [1.82, 2.24) is 10.3 Å². The number of nitrogens with zero attached hydrogens (tertiary/aromatic N) is 2. The molecule has 0 aliphatic carbocycles. The molecule has 4 nitrogen and oxygen atoms in total. The van der Waals surface area contributed by atoms with Gasteiger partial charge in [-0.25, -0.2) is 4.98 Å². The highest BCUT2D eigenvalue weighted by molar-refractivity contribution is 7.80. The molecule has 0 radical (unpaired) electrons.